The minimum Gasteiger partial charge on any atom is -0.478 e. The van der Waals surface area contributed by atoms with Gasteiger partial charge in [0.05, 0.1) is 6.42 Å². The number of carbonyl (C=O) groups excluding carboxylic acids is 1. The molecule has 50 valence electrons. The molecular formula is C5H6O4. The average Bonchev–Trinajstić information content (AvgIpc) is 1.62. The maximum atomic E-state index is 10.2. The van der Waals surface area contributed by atoms with Crippen molar-refractivity contribution in [1.82, 2.24) is 0 Å². The smallest absolute Gasteiger partial charge is 0.348 e. The Morgan fingerprint density at radius 2 is 2.33 bits per heavy atom. The van der Waals surface area contributed by atoms with Gasteiger partial charge in [-0.2, -0.15) is 0 Å². The summed E-state index contributed by atoms with van der Waals surface area (Å²) in [7, 11) is 0. The monoisotopic (exact) mass is 130 g/mol. The molecule has 0 aromatic heterocycles. The van der Waals surface area contributed by atoms with Gasteiger partial charge in [-0.15, -0.1) is 0 Å². The van der Waals surface area contributed by atoms with Crippen molar-refractivity contribution in [1.29, 1.82) is 0 Å². The van der Waals surface area contributed by atoms with Gasteiger partial charge in [-0.1, -0.05) is 0 Å². The van der Waals surface area contributed by atoms with Crippen molar-refractivity contribution in [2.45, 2.75) is 18.9 Å². The summed E-state index contributed by atoms with van der Waals surface area (Å²) in [6, 6.07) is 0. The summed E-state index contributed by atoms with van der Waals surface area (Å²) < 4.78 is 4.35. The number of ether oxygens (including phenoxy) is 1. The number of aliphatic carboxylic acids is 1. The zero-order valence-corrected chi connectivity index (χ0v) is 4.88. The second kappa shape index (κ2) is 1.46. The van der Waals surface area contributed by atoms with E-state index < -0.39 is 17.5 Å². The molecule has 1 aliphatic heterocycles. The molecule has 1 saturated heterocycles. The first-order chi connectivity index (χ1) is 4.04. The molecule has 1 rings (SSSR count). The van der Waals surface area contributed by atoms with E-state index in [1.807, 2.05) is 0 Å². The van der Waals surface area contributed by atoms with Gasteiger partial charge in [0.15, 0.2) is 0 Å². The summed E-state index contributed by atoms with van der Waals surface area (Å²) >= 11 is 0. The lowest BCUT2D eigenvalue weighted by molar-refractivity contribution is -0.201. The molecule has 1 aliphatic rings. The third kappa shape index (κ3) is 0.759. The molecule has 1 unspecified atom stereocenters. The first-order valence-electron chi connectivity index (χ1n) is 2.50. The molecule has 0 aromatic carbocycles. The van der Waals surface area contributed by atoms with E-state index in [1.54, 1.807) is 0 Å². The van der Waals surface area contributed by atoms with Crippen LogP contribution < -0.4 is 0 Å². The highest BCUT2D eigenvalue weighted by Gasteiger charge is 2.48. The van der Waals surface area contributed by atoms with Crippen LogP contribution in [0.5, 0.6) is 0 Å². The van der Waals surface area contributed by atoms with E-state index in [-0.39, 0.29) is 6.42 Å². The van der Waals surface area contributed by atoms with Crippen LogP contribution in [-0.2, 0) is 14.3 Å². The van der Waals surface area contributed by atoms with Crippen LogP contribution >= 0.6 is 0 Å². The summed E-state index contributed by atoms with van der Waals surface area (Å²) in [5.41, 5.74) is -1.24. The topological polar surface area (TPSA) is 63.6 Å². The predicted octanol–water partition coefficient (Wildman–Crippen LogP) is -0.223. The van der Waals surface area contributed by atoms with E-state index in [1.165, 1.54) is 6.92 Å². The van der Waals surface area contributed by atoms with Gasteiger partial charge >= 0.3 is 11.9 Å². The second-order valence-corrected chi connectivity index (χ2v) is 2.19. The Bertz CT molecular complexity index is 164. The largest absolute Gasteiger partial charge is 0.478 e. The van der Waals surface area contributed by atoms with E-state index in [9.17, 15) is 9.59 Å². The van der Waals surface area contributed by atoms with Crippen LogP contribution in [0, 0.1) is 0 Å². The molecule has 0 aliphatic carbocycles. The molecule has 0 amide bonds. The van der Waals surface area contributed by atoms with Crippen molar-refractivity contribution in [2.75, 3.05) is 0 Å². The van der Waals surface area contributed by atoms with Crippen molar-refractivity contribution in [3.63, 3.8) is 0 Å². The molecule has 0 spiro atoms. The van der Waals surface area contributed by atoms with Gasteiger partial charge in [0, 0.05) is 0 Å². The van der Waals surface area contributed by atoms with Crippen LogP contribution in [0.2, 0.25) is 0 Å². The lowest BCUT2D eigenvalue weighted by Gasteiger charge is -2.32. The van der Waals surface area contributed by atoms with Gasteiger partial charge in [0.1, 0.15) is 0 Å². The average molecular weight is 130 g/mol. The fraction of sp³-hybridized carbons (Fsp3) is 0.600. The number of hydrogen-bond donors (Lipinski definition) is 1. The molecular weight excluding hydrogens is 124 g/mol. The number of cyclic esters (lactones) is 1. The molecule has 9 heavy (non-hydrogen) atoms. The van der Waals surface area contributed by atoms with Crippen LogP contribution in [0.1, 0.15) is 13.3 Å². The molecule has 0 saturated carbocycles. The van der Waals surface area contributed by atoms with Gasteiger partial charge in [0.25, 0.3) is 0 Å². The zero-order chi connectivity index (χ0) is 7.07. The van der Waals surface area contributed by atoms with Gasteiger partial charge in [-0.3, -0.25) is 4.79 Å². The Labute approximate surface area is 51.4 Å². The van der Waals surface area contributed by atoms with Gasteiger partial charge in [-0.25, -0.2) is 4.79 Å². The summed E-state index contributed by atoms with van der Waals surface area (Å²) in [5, 5.41) is 8.33. The number of carboxylic acid groups (broad SMARTS) is 1. The Morgan fingerprint density at radius 1 is 1.89 bits per heavy atom. The maximum absolute atomic E-state index is 10.2. The number of rotatable bonds is 1. The van der Waals surface area contributed by atoms with Gasteiger partial charge < -0.3 is 9.84 Å². The summed E-state index contributed by atoms with van der Waals surface area (Å²) in [6.45, 7) is 1.37. The molecule has 0 bridgehead atoms. The third-order valence-electron chi connectivity index (χ3n) is 1.27. The predicted molar refractivity (Wildman–Crippen MR) is 26.7 cm³/mol. The molecule has 4 nitrogen and oxygen atoms in total. The normalized spacial score (nSPS) is 32.8. The SMILES string of the molecule is CC1(C(=O)O)CC(=O)O1. The van der Waals surface area contributed by atoms with Gasteiger partial charge in [-0.05, 0) is 6.92 Å². The van der Waals surface area contributed by atoms with Crippen LogP contribution in [-0.4, -0.2) is 22.6 Å². The van der Waals surface area contributed by atoms with E-state index in [0.717, 1.165) is 0 Å². The van der Waals surface area contributed by atoms with Crippen molar-refractivity contribution in [2.24, 2.45) is 0 Å². The zero-order valence-electron chi connectivity index (χ0n) is 4.88. The first-order valence-corrected chi connectivity index (χ1v) is 2.50. The minimum atomic E-state index is -1.24. The van der Waals surface area contributed by atoms with E-state index in [0.29, 0.717) is 0 Å². The summed E-state index contributed by atoms with van der Waals surface area (Å²) in [6.07, 6.45) is -0.0116. The number of carboxylic acids is 1. The Kier molecular flexibility index (Phi) is 0.986. The van der Waals surface area contributed by atoms with Crippen LogP contribution in [0.25, 0.3) is 0 Å². The van der Waals surface area contributed by atoms with Crippen molar-refractivity contribution in [3.05, 3.63) is 0 Å². The lowest BCUT2D eigenvalue weighted by atomic mass is 9.97. The molecule has 0 radical (unpaired) electrons. The van der Waals surface area contributed by atoms with Crippen LogP contribution in [0.3, 0.4) is 0 Å². The van der Waals surface area contributed by atoms with Gasteiger partial charge in [0.2, 0.25) is 5.60 Å². The lowest BCUT2D eigenvalue weighted by Crippen LogP contribution is -2.51. The molecule has 1 N–H and O–H groups in total. The quantitative estimate of drug-likeness (QED) is 0.498. The van der Waals surface area contributed by atoms with Crippen molar-refractivity contribution >= 4 is 11.9 Å². The molecule has 1 atom stereocenters. The summed E-state index contributed by atoms with van der Waals surface area (Å²) in [4.78, 5) is 20.3. The molecule has 1 fully saturated rings. The Morgan fingerprint density at radius 3 is 2.44 bits per heavy atom. The highest BCUT2D eigenvalue weighted by molar-refractivity contribution is 5.91. The fourth-order valence-electron chi connectivity index (χ4n) is 0.638. The molecule has 0 aromatic rings. The standard InChI is InChI=1S/C5H6O4/c1-5(4(7)8)2-3(6)9-5/h2H2,1H3,(H,7,8). The van der Waals surface area contributed by atoms with E-state index in [2.05, 4.69) is 4.74 Å². The molecule has 1 heterocycles. The second-order valence-electron chi connectivity index (χ2n) is 2.19. The Hall–Kier alpha value is -1.06. The molecule has 4 heteroatoms. The maximum Gasteiger partial charge on any atom is 0.348 e. The highest BCUT2D eigenvalue weighted by atomic mass is 16.6. The van der Waals surface area contributed by atoms with E-state index in [4.69, 9.17) is 5.11 Å². The first kappa shape index (κ1) is 6.07. The third-order valence-corrected chi connectivity index (χ3v) is 1.27. The fourth-order valence-corrected chi connectivity index (χ4v) is 0.638. The Balaban J connectivity index is 2.60. The van der Waals surface area contributed by atoms with Crippen LogP contribution in [0.15, 0.2) is 0 Å². The van der Waals surface area contributed by atoms with Crippen molar-refractivity contribution in [3.8, 4) is 0 Å². The van der Waals surface area contributed by atoms with E-state index >= 15 is 0 Å². The van der Waals surface area contributed by atoms with Crippen LogP contribution in [0.4, 0.5) is 0 Å². The number of carbonyl (C=O) groups is 2. The van der Waals surface area contributed by atoms with Crippen molar-refractivity contribution < 1.29 is 19.4 Å². The number of esters is 1. The minimum absolute atomic E-state index is 0.0116. The summed E-state index contributed by atoms with van der Waals surface area (Å²) in [5.74, 6) is -1.53. The number of hydrogen-bond acceptors (Lipinski definition) is 3. The highest BCUT2D eigenvalue weighted by Crippen LogP contribution is 2.26.